The molecule has 0 saturated carbocycles. The number of ether oxygens (including phenoxy) is 1. The van der Waals surface area contributed by atoms with Crippen LogP contribution in [0.5, 0.6) is 0 Å². The van der Waals surface area contributed by atoms with Crippen molar-refractivity contribution in [3.05, 3.63) is 48.0 Å². The summed E-state index contributed by atoms with van der Waals surface area (Å²) in [4.78, 5) is 15.2. The molecule has 3 atom stereocenters. The van der Waals surface area contributed by atoms with Crippen LogP contribution in [0, 0.1) is 0 Å². The summed E-state index contributed by atoms with van der Waals surface area (Å²) in [5.41, 5.74) is 0.849. The Morgan fingerprint density at radius 3 is 2.56 bits per heavy atom. The lowest BCUT2D eigenvalue weighted by atomic mass is 9.93. The van der Waals surface area contributed by atoms with Crippen molar-refractivity contribution in [2.45, 2.75) is 49.8 Å². The summed E-state index contributed by atoms with van der Waals surface area (Å²) in [7, 11) is 2.17. The number of rotatable bonds is 4. The Morgan fingerprint density at radius 2 is 1.84 bits per heavy atom. The highest BCUT2D eigenvalue weighted by Gasteiger charge is 2.40. The van der Waals surface area contributed by atoms with Gasteiger partial charge in [-0.05, 0) is 49.1 Å². The van der Waals surface area contributed by atoms with Crippen LogP contribution in [0.2, 0.25) is 0 Å². The largest absolute Gasteiger partial charge is 0.462 e. The van der Waals surface area contributed by atoms with Gasteiger partial charge in [0.1, 0.15) is 12.0 Å². The van der Waals surface area contributed by atoms with Crippen LogP contribution in [0.1, 0.15) is 37.2 Å². The second kappa shape index (κ2) is 6.77. The van der Waals surface area contributed by atoms with E-state index < -0.39 is 5.92 Å². The molecule has 1 N–H and O–H groups in total. The van der Waals surface area contributed by atoms with E-state index >= 15 is 0 Å². The third-order valence-electron chi connectivity index (χ3n) is 6.00. The molecule has 0 radical (unpaired) electrons. The molecule has 4 heteroatoms. The number of piperidine rings is 1. The summed E-state index contributed by atoms with van der Waals surface area (Å²) in [6.45, 7) is -0.230. The number of aliphatic hydroxyl groups is 1. The maximum absolute atomic E-state index is 12.8. The van der Waals surface area contributed by atoms with E-state index in [0.717, 1.165) is 29.2 Å². The quantitative estimate of drug-likeness (QED) is 0.870. The fourth-order valence-electron chi connectivity index (χ4n) is 4.56. The van der Waals surface area contributed by atoms with Crippen molar-refractivity contribution >= 4 is 16.7 Å². The Balaban J connectivity index is 1.54. The highest BCUT2D eigenvalue weighted by Crippen LogP contribution is 2.36. The molecule has 2 aromatic carbocycles. The average molecular weight is 339 g/mol. The van der Waals surface area contributed by atoms with E-state index in [1.165, 1.54) is 12.8 Å². The lowest BCUT2D eigenvalue weighted by Crippen LogP contribution is -2.43. The standard InChI is InChI=1S/C21H25NO3/c1-22-15-9-10-16(22)12-17(11-15)25-21(24)20(13-23)19-8-4-6-14-5-2-3-7-18(14)19/h2-8,15-17,20,23H,9-13H2,1H3. The van der Waals surface area contributed by atoms with Crippen molar-refractivity contribution in [2.75, 3.05) is 13.7 Å². The minimum absolute atomic E-state index is 0.0229. The zero-order chi connectivity index (χ0) is 17.4. The lowest BCUT2D eigenvalue weighted by molar-refractivity contribution is -0.155. The Kier molecular flexibility index (Phi) is 4.48. The minimum atomic E-state index is -0.622. The van der Waals surface area contributed by atoms with Crippen LogP contribution in [0.3, 0.4) is 0 Å². The van der Waals surface area contributed by atoms with E-state index in [9.17, 15) is 9.90 Å². The maximum Gasteiger partial charge on any atom is 0.316 e. The SMILES string of the molecule is CN1C2CCC1CC(OC(=O)C(CO)c1cccc3ccccc13)C2. The van der Waals surface area contributed by atoms with E-state index in [1.807, 2.05) is 42.5 Å². The molecule has 0 aliphatic carbocycles. The summed E-state index contributed by atoms with van der Waals surface area (Å²) in [6, 6.07) is 14.9. The van der Waals surface area contributed by atoms with Crippen LogP contribution >= 0.6 is 0 Å². The molecule has 3 unspecified atom stereocenters. The topological polar surface area (TPSA) is 49.8 Å². The van der Waals surface area contributed by atoms with Gasteiger partial charge in [0.05, 0.1) is 6.61 Å². The maximum atomic E-state index is 12.8. The molecule has 2 aliphatic rings. The van der Waals surface area contributed by atoms with Crippen LogP contribution in [0.25, 0.3) is 10.8 Å². The van der Waals surface area contributed by atoms with Crippen LogP contribution < -0.4 is 0 Å². The first kappa shape index (κ1) is 16.6. The molecule has 2 aromatic rings. The van der Waals surface area contributed by atoms with Crippen molar-refractivity contribution in [3.8, 4) is 0 Å². The van der Waals surface area contributed by atoms with Gasteiger partial charge in [-0.3, -0.25) is 4.79 Å². The van der Waals surface area contributed by atoms with Gasteiger partial charge in [-0.15, -0.1) is 0 Å². The third-order valence-corrected chi connectivity index (χ3v) is 6.00. The Bertz CT molecular complexity index is 755. The third kappa shape index (κ3) is 3.05. The van der Waals surface area contributed by atoms with Crippen LogP contribution in [0.4, 0.5) is 0 Å². The normalized spacial score (nSPS) is 27.4. The smallest absolute Gasteiger partial charge is 0.316 e. The average Bonchev–Trinajstić information content (AvgIpc) is 2.83. The molecule has 0 spiro atoms. The number of nitrogens with zero attached hydrogens (tertiary/aromatic N) is 1. The molecular weight excluding hydrogens is 314 g/mol. The van der Waals surface area contributed by atoms with Gasteiger partial charge in [-0.1, -0.05) is 42.5 Å². The molecule has 4 rings (SSSR count). The van der Waals surface area contributed by atoms with Crippen molar-refractivity contribution in [1.29, 1.82) is 0 Å². The van der Waals surface area contributed by atoms with Crippen LogP contribution in [-0.2, 0) is 9.53 Å². The fourth-order valence-corrected chi connectivity index (χ4v) is 4.56. The number of benzene rings is 2. The summed E-state index contributed by atoms with van der Waals surface area (Å²) >= 11 is 0. The number of hydrogen-bond acceptors (Lipinski definition) is 4. The monoisotopic (exact) mass is 339 g/mol. The number of fused-ring (bicyclic) bond motifs is 3. The van der Waals surface area contributed by atoms with E-state index in [1.54, 1.807) is 0 Å². The summed E-state index contributed by atoms with van der Waals surface area (Å²) in [5, 5.41) is 12.0. The van der Waals surface area contributed by atoms with Gasteiger partial charge in [0.15, 0.2) is 0 Å². The number of hydrogen-bond donors (Lipinski definition) is 1. The van der Waals surface area contributed by atoms with Crippen molar-refractivity contribution in [2.24, 2.45) is 0 Å². The summed E-state index contributed by atoms with van der Waals surface area (Å²) in [5.74, 6) is -0.920. The van der Waals surface area contributed by atoms with Crippen molar-refractivity contribution in [3.63, 3.8) is 0 Å². The first-order chi connectivity index (χ1) is 12.2. The van der Waals surface area contributed by atoms with Gasteiger partial charge in [0.2, 0.25) is 0 Å². The lowest BCUT2D eigenvalue weighted by Gasteiger charge is -2.36. The molecule has 0 amide bonds. The van der Waals surface area contributed by atoms with Gasteiger partial charge >= 0.3 is 5.97 Å². The number of aliphatic hydroxyl groups excluding tert-OH is 1. The van der Waals surface area contributed by atoms with Crippen LogP contribution in [-0.4, -0.2) is 47.8 Å². The van der Waals surface area contributed by atoms with Gasteiger partial charge < -0.3 is 14.7 Å². The molecule has 2 aliphatic heterocycles. The number of esters is 1. The Labute approximate surface area is 148 Å². The van der Waals surface area contributed by atoms with Gasteiger partial charge in [0.25, 0.3) is 0 Å². The predicted octanol–water partition coefficient (Wildman–Crippen LogP) is 3.08. The van der Waals surface area contributed by atoms with E-state index in [2.05, 4.69) is 11.9 Å². The molecule has 132 valence electrons. The first-order valence-electron chi connectivity index (χ1n) is 9.18. The van der Waals surface area contributed by atoms with Crippen LogP contribution in [0.15, 0.2) is 42.5 Å². The Morgan fingerprint density at radius 1 is 1.16 bits per heavy atom. The molecule has 25 heavy (non-hydrogen) atoms. The summed E-state index contributed by atoms with van der Waals surface area (Å²) in [6.07, 6.45) is 4.19. The first-order valence-corrected chi connectivity index (χ1v) is 9.18. The molecule has 0 aromatic heterocycles. The van der Waals surface area contributed by atoms with Crippen molar-refractivity contribution in [1.82, 2.24) is 4.90 Å². The number of carbonyl (C=O) groups excluding carboxylic acids is 1. The highest BCUT2D eigenvalue weighted by atomic mass is 16.5. The Hall–Kier alpha value is -1.91. The van der Waals surface area contributed by atoms with E-state index in [0.29, 0.717) is 12.1 Å². The van der Waals surface area contributed by atoms with Crippen molar-refractivity contribution < 1.29 is 14.6 Å². The number of carbonyl (C=O) groups is 1. The second-order valence-corrected chi connectivity index (χ2v) is 7.38. The summed E-state index contributed by atoms with van der Waals surface area (Å²) < 4.78 is 5.85. The molecule has 2 heterocycles. The zero-order valence-corrected chi connectivity index (χ0v) is 14.6. The molecular formula is C21H25NO3. The molecule has 4 nitrogen and oxygen atoms in total. The molecule has 2 bridgehead atoms. The predicted molar refractivity (Wildman–Crippen MR) is 97.5 cm³/mol. The minimum Gasteiger partial charge on any atom is -0.462 e. The van der Waals surface area contributed by atoms with Gasteiger partial charge in [-0.25, -0.2) is 0 Å². The zero-order valence-electron chi connectivity index (χ0n) is 14.6. The molecule has 2 saturated heterocycles. The second-order valence-electron chi connectivity index (χ2n) is 7.38. The van der Waals surface area contributed by atoms with E-state index in [-0.39, 0.29) is 18.7 Å². The van der Waals surface area contributed by atoms with Gasteiger partial charge in [0, 0.05) is 12.1 Å². The van der Waals surface area contributed by atoms with E-state index in [4.69, 9.17) is 4.74 Å². The molecule has 2 fully saturated rings. The van der Waals surface area contributed by atoms with Gasteiger partial charge in [-0.2, -0.15) is 0 Å². The highest BCUT2D eigenvalue weighted by molar-refractivity contribution is 5.91. The fraction of sp³-hybridized carbons (Fsp3) is 0.476.